The fourth-order valence-electron chi connectivity index (χ4n) is 3.73. The Kier molecular flexibility index (Phi) is 8.52. The molecule has 0 fully saturated rings. The van der Waals surface area contributed by atoms with Gasteiger partial charge in [0.1, 0.15) is 0 Å². The summed E-state index contributed by atoms with van der Waals surface area (Å²) in [5.41, 5.74) is 14.9. The maximum absolute atomic E-state index is 12.1. The van der Waals surface area contributed by atoms with Gasteiger partial charge in [-0.2, -0.15) is 0 Å². The van der Waals surface area contributed by atoms with Crippen molar-refractivity contribution in [3.05, 3.63) is 59.7 Å². The SMILES string of the molecule is CCc1ccccc1NC(=O)CSC(=O)NNC(=O)C[C@H](N)CC1CNc2ccccc21. The van der Waals surface area contributed by atoms with Crippen LogP contribution in [0.1, 0.15) is 36.8 Å². The van der Waals surface area contributed by atoms with Gasteiger partial charge in [0.25, 0.3) is 5.24 Å². The first-order valence-electron chi connectivity index (χ1n) is 10.6. The summed E-state index contributed by atoms with van der Waals surface area (Å²) in [6.07, 6.45) is 1.56. The molecule has 0 aliphatic carbocycles. The molecule has 170 valence electrons. The molecule has 0 bridgehead atoms. The number of carbonyl (C=O) groups excluding carboxylic acids is 3. The van der Waals surface area contributed by atoms with Crippen molar-refractivity contribution in [3.8, 4) is 0 Å². The molecule has 1 unspecified atom stereocenters. The lowest BCUT2D eigenvalue weighted by atomic mass is 9.93. The first-order chi connectivity index (χ1) is 15.5. The zero-order valence-electron chi connectivity index (χ0n) is 18.0. The van der Waals surface area contributed by atoms with Gasteiger partial charge in [-0.15, -0.1) is 0 Å². The van der Waals surface area contributed by atoms with Crippen molar-refractivity contribution in [2.75, 3.05) is 22.9 Å². The number of hydrogen-bond acceptors (Lipinski definition) is 6. The molecule has 0 saturated heterocycles. The van der Waals surface area contributed by atoms with Crippen molar-refractivity contribution >= 4 is 40.2 Å². The minimum atomic E-state index is -0.514. The number of hydrogen-bond donors (Lipinski definition) is 5. The van der Waals surface area contributed by atoms with Crippen LogP contribution in [0.15, 0.2) is 48.5 Å². The maximum Gasteiger partial charge on any atom is 0.298 e. The molecule has 8 nitrogen and oxygen atoms in total. The number of rotatable bonds is 8. The van der Waals surface area contributed by atoms with Crippen molar-refractivity contribution in [1.29, 1.82) is 0 Å². The zero-order chi connectivity index (χ0) is 22.9. The van der Waals surface area contributed by atoms with E-state index in [2.05, 4.69) is 27.6 Å². The summed E-state index contributed by atoms with van der Waals surface area (Å²) in [6, 6.07) is 15.3. The van der Waals surface area contributed by atoms with Gasteiger partial charge in [0.2, 0.25) is 11.8 Å². The third-order valence-electron chi connectivity index (χ3n) is 5.29. The molecule has 9 heteroatoms. The summed E-state index contributed by atoms with van der Waals surface area (Å²) in [5, 5.41) is 5.63. The summed E-state index contributed by atoms with van der Waals surface area (Å²) >= 11 is 0.780. The van der Waals surface area contributed by atoms with E-state index in [0.29, 0.717) is 6.42 Å². The van der Waals surface area contributed by atoms with Crippen LogP contribution >= 0.6 is 11.8 Å². The Morgan fingerprint density at radius 3 is 2.66 bits per heavy atom. The lowest BCUT2D eigenvalue weighted by Gasteiger charge is -2.16. The normalized spacial score (nSPS) is 15.2. The van der Waals surface area contributed by atoms with Crippen LogP contribution in [0.4, 0.5) is 16.2 Å². The molecule has 0 spiro atoms. The first kappa shape index (κ1) is 23.6. The number of amides is 3. The molecule has 1 heterocycles. The fraction of sp³-hybridized carbons (Fsp3) is 0.348. The van der Waals surface area contributed by atoms with Crippen LogP contribution in [0.5, 0.6) is 0 Å². The second-order valence-corrected chi connectivity index (χ2v) is 8.62. The minimum absolute atomic E-state index is 0.0621. The quantitative estimate of drug-likeness (QED) is 0.390. The van der Waals surface area contributed by atoms with Gasteiger partial charge >= 0.3 is 0 Å². The highest BCUT2D eigenvalue weighted by Gasteiger charge is 2.24. The van der Waals surface area contributed by atoms with Gasteiger partial charge in [-0.1, -0.05) is 55.1 Å². The molecule has 0 aromatic heterocycles. The molecule has 2 aromatic rings. The smallest absolute Gasteiger partial charge is 0.298 e. The average molecular weight is 456 g/mol. The fourth-order valence-corrected chi connectivity index (χ4v) is 4.19. The van der Waals surface area contributed by atoms with Crippen molar-refractivity contribution in [2.24, 2.45) is 5.73 Å². The molecule has 0 radical (unpaired) electrons. The number of fused-ring (bicyclic) bond motifs is 1. The number of para-hydroxylation sites is 2. The van der Waals surface area contributed by atoms with Gasteiger partial charge < -0.3 is 16.4 Å². The van der Waals surface area contributed by atoms with E-state index >= 15 is 0 Å². The Morgan fingerprint density at radius 1 is 1.09 bits per heavy atom. The van der Waals surface area contributed by atoms with Gasteiger partial charge in [-0.05, 0) is 36.1 Å². The first-order valence-corrected chi connectivity index (χ1v) is 11.6. The molecule has 6 N–H and O–H groups in total. The summed E-state index contributed by atoms with van der Waals surface area (Å²) in [5.74, 6) is -0.458. The molecular formula is C23H29N5O3S. The van der Waals surface area contributed by atoms with Crippen LogP contribution in [0.2, 0.25) is 0 Å². The van der Waals surface area contributed by atoms with E-state index in [1.807, 2.05) is 49.4 Å². The maximum atomic E-state index is 12.1. The van der Waals surface area contributed by atoms with E-state index < -0.39 is 5.24 Å². The lowest BCUT2D eigenvalue weighted by molar-refractivity contribution is -0.122. The van der Waals surface area contributed by atoms with E-state index in [4.69, 9.17) is 5.73 Å². The second-order valence-electron chi connectivity index (χ2n) is 7.67. The third kappa shape index (κ3) is 6.73. The van der Waals surface area contributed by atoms with E-state index in [-0.39, 0.29) is 35.9 Å². The number of thioether (sulfide) groups is 1. The molecule has 2 aromatic carbocycles. The van der Waals surface area contributed by atoms with Gasteiger partial charge in [-0.3, -0.25) is 25.2 Å². The topological polar surface area (TPSA) is 125 Å². The molecule has 3 rings (SSSR count). The summed E-state index contributed by atoms with van der Waals surface area (Å²) in [7, 11) is 0. The average Bonchev–Trinajstić information content (AvgIpc) is 3.19. The van der Waals surface area contributed by atoms with Crippen molar-refractivity contribution in [3.63, 3.8) is 0 Å². The third-order valence-corrected chi connectivity index (χ3v) is 6.06. The minimum Gasteiger partial charge on any atom is -0.384 e. The summed E-state index contributed by atoms with van der Waals surface area (Å²) < 4.78 is 0. The predicted octanol–water partition coefficient (Wildman–Crippen LogP) is 2.98. The monoisotopic (exact) mass is 455 g/mol. The number of nitrogens with one attached hydrogen (secondary N) is 4. The molecule has 1 aliphatic rings. The molecule has 3 amide bonds. The number of carbonyl (C=O) groups is 3. The molecule has 1 aliphatic heterocycles. The van der Waals surface area contributed by atoms with Crippen LogP contribution in [-0.4, -0.2) is 35.4 Å². The number of anilines is 2. The van der Waals surface area contributed by atoms with E-state index in [1.165, 1.54) is 5.56 Å². The summed E-state index contributed by atoms with van der Waals surface area (Å²) in [6.45, 7) is 2.80. The number of nitrogens with two attached hydrogens (primary N) is 1. The van der Waals surface area contributed by atoms with Crippen molar-refractivity contribution in [2.45, 2.75) is 38.1 Å². The molecular weight excluding hydrogens is 426 g/mol. The highest BCUT2D eigenvalue weighted by Crippen LogP contribution is 2.33. The molecule has 0 saturated carbocycles. The second kappa shape index (κ2) is 11.5. The lowest BCUT2D eigenvalue weighted by Crippen LogP contribution is -2.42. The van der Waals surface area contributed by atoms with E-state index in [1.54, 1.807) is 0 Å². The largest absolute Gasteiger partial charge is 0.384 e. The van der Waals surface area contributed by atoms with E-state index in [0.717, 1.165) is 41.7 Å². The Balaban J connectivity index is 1.34. The number of hydrazine groups is 1. The van der Waals surface area contributed by atoms with Crippen molar-refractivity contribution < 1.29 is 14.4 Å². The highest BCUT2D eigenvalue weighted by molar-refractivity contribution is 8.14. The van der Waals surface area contributed by atoms with Crippen molar-refractivity contribution in [1.82, 2.24) is 10.9 Å². The van der Waals surface area contributed by atoms with Crippen LogP contribution < -0.4 is 27.2 Å². The van der Waals surface area contributed by atoms with Gasteiger partial charge in [0.05, 0.1) is 5.75 Å². The Morgan fingerprint density at radius 2 is 1.84 bits per heavy atom. The van der Waals surface area contributed by atoms with Crippen LogP contribution in [0.25, 0.3) is 0 Å². The molecule has 2 atom stereocenters. The van der Waals surface area contributed by atoms with Crippen LogP contribution in [-0.2, 0) is 16.0 Å². The zero-order valence-corrected chi connectivity index (χ0v) is 18.8. The number of benzene rings is 2. The standard InChI is InChI=1S/C23H29N5O3S/c1-2-15-7-3-5-9-19(15)26-22(30)14-32-23(31)28-27-21(29)12-17(24)11-16-13-25-20-10-6-4-8-18(16)20/h3-10,16-17,25H,2,11-14,24H2,1H3,(H,26,30)(H,27,29)(H,28,31)/t16?,17-/m1/s1. The Hall–Kier alpha value is -3.04. The number of aryl methyl sites for hydroxylation is 1. The van der Waals surface area contributed by atoms with Gasteiger partial charge in [0.15, 0.2) is 0 Å². The highest BCUT2D eigenvalue weighted by atomic mass is 32.2. The van der Waals surface area contributed by atoms with Crippen LogP contribution in [0.3, 0.4) is 0 Å². The van der Waals surface area contributed by atoms with Gasteiger partial charge in [-0.25, -0.2) is 0 Å². The Bertz CT molecular complexity index is 968. The molecule has 32 heavy (non-hydrogen) atoms. The van der Waals surface area contributed by atoms with Gasteiger partial charge in [0, 0.05) is 36.3 Å². The predicted molar refractivity (Wildman–Crippen MR) is 128 cm³/mol. The van der Waals surface area contributed by atoms with E-state index in [9.17, 15) is 14.4 Å². The van der Waals surface area contributed by atoms with Crippen LogP contribution in [0, 0.1) is 0 Å². The Labute approximate surface area is 192 Å². The summed E-state index contributed by atoms with van der Waals surface area (Å²) in [4.78, 5) is 36.2.